The zero-order valence-electron chi connectivity index (χ0n) is 17.5. The standard InChI is InChI=1S/C22H25Cl2N3O3S/c1-3-18(4-2)26-9-11-27(12-10-26)31(28,29)22-13-16(15-25)5-8-20(22)30-21-14-17(23)6-7-19(21)24/h5-8,13-14,18H,3-4,9-12H2,1-2H3. The molecular weight excluding hydrogens is 457 g/mol. The van der Waals surface area contributed by atoms with E-state index in [1.807, 2.05) is 6.07 Å². The largest absolute Gasteiger partial charge is 0.454 e. The van der Waals surface area contributed by atoms with Crippen LogP contribution in [0.1, 0.15) is 32.3 Å². The first-order chi connectivity index (χ1) is 14.8. The van der Waals surface area contributed by atoms with Crippen LogP contribution in [0.4, 0.5) is 0 Å². The smallest absolute Gasteiger partial charge is 0.246 e. The average Bonchev–Trinajstić information content (AvgIpc) is 2.77. The van der Waals surface area contributed by atoms with Gasteiger partial charge in [-0.05, 0) is 43.2 Å². The minimum Gasteiger partial charge on any atom is -0.454 e. The molecule has 0 radical (unpaired) electrons. The Bertz CT molecular complexity index is 1070. The lowest BCUT2D eigenvalue weighted by atomic mass is 10.1. The van der Waals surface area contributed by atoms with E-state index in [-0.39, 0.29) is 22.0 Å². The van der Waals surface area contributed by atoms with Crippen molar-refractivity contribution >= 4 is 33.2 Å². The van der Waals surface area contributed by atoms with E-state index in [4.69, 9.17) is 27.9 Å². The number of nitriles is 1. The molecule has 31 heavy (non-hydrogen) atoms. The molecule has 0 saturated carbocycles. The van der Waals surface area contributed by atoms with Crippen LogP contribution in [0.3, 0.4) is 0 Å². The maximum Gasteiger partial charge on any atom is 0.246 e. The monoisotopic (exact) mass is 481 g/mol. The Hall–Kier alpha value is -1.82. The molecule has 3 rings (SSSR count). The van der Waals surface area contributed by atoms with Gasteiger partial charge in [-0.2, -0.15) is 9.57 Å². The van der Waals surface area contributed by atoms with Crippen molar-refractivity contribution in [2.45, 2.75) is 37.6 Å². The maximum absolute atomic E-state index is 13.5. The number of piperazine rings is 1. The first kappa shape index (κ1) is 23.8. The Morgan fingerprint density at radius 3 is 2.32 bits per heavy atom. The minimum absolute atomic E-state index is 0.0569. The first-order valence-electron chi connectivity index (χ1n) is 10.2. The van der Waals surface area contributed by atoms with Gasteiger partial charge in [0.1, 0.15) is 16.4 Å². The lowest BCUT2D eigenvalue weighted by Gasteiger charge is -2.38. The van der Waals surface area contributed by atoms with Crippen LogP contribution >= 0.6 is 23.2 Å². The number of halogens is 2. The number of rotatable bonds is 7. The molecule has 0 atom stereocenters. The molecule has 1 fully saturated rings. The normalized spacial score (nSPS) is 15.7. The van der Waals surface area contributed by atoms with Crippen molar-refractivity contribution in [3.63, 3.8) is 0 Å². The summed E-state index contributed by atoms with van der Waals surface area (Å²) in [5.41, 5.74) is 0.235. The third-order valence-electron chi connectivity index (χ3n) is 5.54. The highest BCUT2D eigenvalue weighted by Gasteiger charge is 2.32. The minimum atomic E-state index is -3.88. The topological polar surface area (TPSA) is 73.6 Å². The summed E-state index contributed by atoms with van der Waals surface area (Å²) in [6.07, 6.45) is 2.07. The molecule has 2 aromatic rings. The second-order valence-corrected chi connectivity index (χ2v) is 10.1. The zero-order valence-corrected chi connectivity index (χ0v) is 19.8. The van der Waals surface area contributed by atoms with E-state index in [0.717, 1.165) is 12.8 Å². The summed E-state index contributed by atoms with van der Waals surface area (Å²) >= 11 is 12.2. The molecule has 0 N–H and O–H groups in total. The summed E-state index contributed by atoms with van der Waals surface area (Å²) in [6, 6.07) is 11.5. The number of nitrogens with zero attached hydrogens (tertiary/aromatic N) is 3. The van der Waals surface area contributed by atoms with Crippen LogP contribution in [-0.4, -0.2) is 49.8 Å². The second-order valence-electron chi connectivity index (χ2n) is 7.36. The van der Waals surface area contributed by atoms with Gasteiger partial charge in [-0.1, -0.05) is 37.0 Å². The maximum atomic E-state index is 13.5. The second kappa shape index (κ2) is 10.2. The molecular formula is C22H25Cl2N3O3S. The number of benzene rings is 2. The fourth-order valence-corrected chi connectivity index (χ4v) is 5.67. The summed E-state index contributed by atoms with van der Waals surface area (Å²) in [5.74, 6) is 0.347. The van der Waals surface area contributed by atoms with Crippen LogP contribution in [0.2, 0.25) is 10.0 Å². The number of ether oxygens (including phenoxy) is 1. The summed E-state index contributed by atoms with van der Waals surface area (Å²) in [4.78, 5) is 2.28. The molecule has 2 aromatic carbocycles. The molecule has 0 spiro atoms. The van der Waals surface area contributed by atoms with E-state index in [1.54, 1.807) is 12.1 Å². The van der Waals surface area contributed by atoms with Crippen molar-refractivity contribution in [2.75, 3.05) is 26.2 Å². The van der Waals surface area contributed by atoms with Crippen LogP contribution in [0.5, 0.6) is 11.5 Å². The summed E-state index contributed by atoms with van der Waals surface area (Å²) in [7, 11) is -3.88. The highest BCUT2D eigenvalue weighted by molar-refractivity contribution is 7.89. The van der Waals surface area contributed by atoms with Crippen LogP contribution in [0, 0.1) is 11.3 Å². The Morgan fingerprint density at radius 1 is 1.03 bits per heavy atom. The van der Waals surface area contributed by atoms with Crippen LogP contribution < -0.4 is 4.74 Å². The fraction of sp³-hybridized carbons (Fsp3) is 0.409. The molecule has 6 nitrogen and oxygen atoms in total. The van der Waals surface area contributed by atoms with E-state index in [2.05, 4.69) is 18.7 Å². The van der Waals surface area contributed by atoms with Crippen molar-refractivity contribution in [3.05, 3.63) is 52.0 Å². The van der Waals surface area contributed by atoms with Gasteiger partial charge in [-0.25, -0.2) is 8.42 Å². The third kappa shape index (κ3) is 5.33. The highest BCUT2D eigenvalue weighted by atomic mass is 35.5. The van der Waals surface area contributed by atoms with Crippen molar-refractivity contribution in [1.29, 1.82) is 5.26 Å². The van der Waals surface area contributed by atoms with Crippen molar-refractivity contribution < 1.29 is 13.2 Å². The molecule has 0 aromatic heterocycles. The Morgan fingerprint density at radius 2 is 1.71 bits per heavy atom. The van der Waals surface area contributed by atoms with E-state index < -0.39 is 10.0 Å². The summed E-state index contributed by atoms with van der Waals surface area (Å²) in [5, 5.41) is 10.0. The van der Waals surface area contributed by atoms with Gasteiger partial charge in [0.05, 0.1) is 16.7 Å². The van der Waals surface area contributed by atoms with Crippen molar-refractivity contribution in [2.24, 2.45) is 0 Å². The number of hydrogen-bond acceptors (Lipinski definition) is 5. The van der Waals surface area contributed by atoms with Crippen LogP contribution in [-0.2, 0) is 10.0 Å². The average molecular weight is 482 g/mol. The molecule has 0 aliphatic carbocycles. The Labute approximate surface area is 194 Å². The molecule has 1 aliphatic heterocycles. The van der Waals surface area contributed by atoms with Gasteiger partial charge >= 0.3 is 0 Å². The van der Waals surface area contributed by atoms with E-state index >= 15 is 0 Å². The van der Waals surface area contributed by atoms with Gasteiger partial charge in [0.15, 0.2) is 0 Å². The molecule has 166 valence electrons. The first-order valence-corrected chi connectivity index (χ1v) is 12.4. The fourth-order valence-electron chi connectivity index (χ4n) is 3.79. The van der Waals surface area contributed by atoms with Gasteiger partial charge in [0, 0.05) is 43.3 Å². The third-order valence-corrected chi connectivity index (χ3v) is 8.00. The van der Waals surface area contributed by atoms with Crippen molar-refractivity contribution in [3.8, 4) is 17.6 Å². The molecule has 0 amide bonds. The molecule has 1 heterocycles. The predicted octanol–water partition coefficient (Wildman–Crippen LogP) is 5.15. The molecule has 9 heteroatoms. The van der Waals surface area contributed by atoms with E-state index in [9.17, 15) is 13.7 Å². The lowest BCUT2D eigenvalue weighted by Crippen LogP contribution is -2.51. The number of hydrogen-bond donors (Lipinski definition) is 0. The van der Waals surface area contributed by atoms with Gasteiger partial charge in [-0.15, -0.1) is 0 Å². The molecule has 1 aliphatic rings. The molecule has 1 saturated heterocycles. The lowest BCUT2D eigenvalue weighted by molar-refractivity contribution is 0.130. The van der Waals surface area contributed by atoms with E-state index in [1.165, 1.54) is 28.6 Å². The summed E-state index contributed by atoms with van der Waals surface area (Å²) < 4.78 is 34.3. The number of sulfonamides is 1. The zero-order chi connectivity index (χ0) is 22.6. The van der Waals surface area contributed by atoms with Crippen molar-refractivity contribution in [1.82, 2.24) is 9.21 Å². The Balaban J connectivity index is 1.92. The van der Waals surface area contributed by atoms with Gasteiger partial charge in [-0.3, -0.25) is 4.90 Å². The van der Waals surface area contributed by atoms with E-state index in [0.29, 0.717) is 42.3 Å². The molecule has 0 unspecified atom stereocenters. The van der Waals surface area contributed by atoms with Crippen LogP contribution in [0.25, 0.3) is 0 Å². The van der Waals surface area contributed by atoms with Crippen LogP contribution in [0.15, 0.2) is 41.3 Å². The molecule has 0 bridgehead atoms. The highest BCUT2D eigenvalue weighted by Crippen LogP contribution is 2.36. The van der Waals surface area contributed by atoms with Gasteiger partial charge in [0.2, 0.25) is 10.0 Å². The quantitative estimate of drug-likeness (QED) is 0.546. The van der Waals surface area contributed by atoms with Gasteiger partial charge in [0.25, 0.3) is 0 Å². The SMILES string of the molecule is CCC(CC)N1CCN(S(=O)(=O)c2cc(C#N)ccc2Oc2cc(Cl)ccc2Cl)CC1. The van der Waals surface area contributed by atoms with Gasteiger partial charge < -0.3 is 4.74 Å². The predicted molar refractivity (Wildman–Crippen MR) is 122 cm³/mol. The Kier molecular flexibility index (Phi) is 7.84. The summed E-state index contributed by atoms with van der Waals surface area (Å²) in [6.45, 7) is 6.39.